The molecule has 5 aromatic rings. The van der Waals surface area contributed by atoms with Gasteiger partial charge < -0.3 is 26.7 Å². The number of hydrogen-bond acceptors (Lipinski definition) is 2. The Labute approximate surface area is 254 Å². The fourth-order valence-corrected chi connectivity index (χ4v) is 5.15. The van der Waals surface area contributed by atoms with Crippen molar-refractivity contribution in [3.63, 3.8) is 0 Å². The Kier molecular flexibility index (Phi) is 9.48. The van der Waals surface area contributed by atoms with Gasteiger partial charge in [0.15, 0.2) is 0 Å². The van der Waals surface area contributed by atoms with Crippen molar-refractivity contribution in [1.82, 2.24) is 0 Å². The van der Waals surface area contributed by atoms with Crippen molar-refractivity contribution < 1.29 is 31.2 Å². The Bertz CT molecular complexity index is 1670. The molecule has 224 valence electrons. The van der Waals surface area contributed by atoms with Crippen molar-refractivity contribution in [3.8, 4) is 45.1 Å². The molecule has 0 spiro atoms. The summed E-state index contributed by atoms with van der Waals surface area (Å²) < 4.78 is 56.7. The Hall–Kier alpha value is -4.85. The van der Waals surface area contributed by atoms with Crippen LogP contribution in [0.25, 0.3) is 45.7 Å². The Morgan fingerprint density at radius 3 is 1.86 bits per heavy atom. The molecule has 0 bridgehead atoms. The molecule has 0 fully saturated rings. The van der Waals surface area contributed by atoms with Crippen molar-refractivity contribution in [3.05, 3.63) is 126 Å². The van der Waals surface area contributed by atoms with E-state index in [2.05, 4.69) is 78.9 Å². The molecule has 1 aliphatic rings. The molecule has 0 aliphatic heterocycles. The topological polar surface area (TPSA) is 29.8 Å². The van der Waals surface area contributed by atoms with E-state index < -0.39 is 7.25 Å². The number of halogens is 4. The van der Waals surface area contributed by atoms with Crippen LogP contribution in [0.3, 0.4) is 0 Å². The highest BCUT2D eigenvalue weighted by atomic mass is 19.5. The first-order chi connectivity index (χ1) is 21.2. The fraction of sp³-hybridized carbons (Fsp3) is 0.139. The predicted molar refractivity (Wildman–Crippen MR) is 170 cm³/mol. The maximum atomic E-state index is 9.75. The van der Waals surface area contributed by atoms with Crippen LogP contribution < -0.4 is 9.47 Å². The summed E-state index contributed by atoms with van der Waals surface area (Å²) in [4.78, 5) is 0. The molecule has 0 atom stereocenters. The van der Waals surface area contributed by atoms with Gasteiger partial charge in [0.2, 0.25) is 0 Å². The van der Waals surface area contributed by atoms with Crippen LogP contribution in [-0.2, 0) is 6.42 Å². The van der Waals surface area contributed by atoms with E-state index in [9.17, 15) is 17.3 Å². The molecule has 1 aliphatic carbocycles. The normalized spacial score (nSPS) is 11.9. The molecule has 0 unspecified atom stereocenters. The second-order valence-corrected chi connectivity index (χ2v) is 10.1. The molecule has 8 heteroatoms. The van der Waals surface area contributed by atoms with Gasteiger partial charge in [0.25, 0.3) is 0 Å². The van der Waals surface area contributed by atoms with E-state index in [0.717, 1.165) is 51.7 Å². The molecule has 3 nitrogen and oxygen atoms in total. The molecule has 0 saturated carbocycles. The largest absolute Gasteiger partial charge is 0.673 e. The molecular formula is C36H31BF4O3. The molecule has 0 amide bonds. The molecule has 0 saturated heterocycles. The first kappa shape index (κ1) is 30.6. The van der Waals surface area contributed by atoms with E-state index in [1.54, 1.807) is 0 Å². The SMILES string of the molecule is CCOc1ccc(-c2cc(/C=C/c3ccc4c(c3)Cc3ccccc3-4)[o+]c(-c3ccc(OCC)cc3)c2)cc1.F[B-](F)(F)F. The summed E-state index contributed by atoms with van der Waals surface area (Å²) in [5.74, 6) is 3.30. The molecule has 44 heavy (non-hydrogen) atoms. The van der Waals surface area contributed by atoms with Crippen molar-refractivity contribution in [2.24, 2.45) is 0 Å². The average Bonchev–Trinajstić information content (AvgIpc) is 3.38. The van der Waals surface area contributed by atoms with Gasteiger partial charge >= 0.3 is 18.8 Å². The zero-order chi connectivity index (χ0) is 31.1. The van der Waals surface area contributed by atoms with Gasteiger partial charge in [-0.3, -0.25) is 0 Å². The lowest BCUT2D eigenvalue weighted by atomic mass is 10.0. The third-order valence-electron chi connectivity index (χ3n) is 7.02. The first-order valence-corrected chi connectivity index (χ1v) is 14.4. The molecular weight excluding hydrogens is 567 g/mol. The summed E-state index contributed by atoms with van der Waals surface area (Å²) in [7, 11) is -6.00. The summed E-state index contributed by atoms with van der Waals surface area (Å²) in [5, 5.41) is 0. The van der Waals surface area contributed by atoms with E-state index in [1.807, 2.05) is 50.2 Å². The summed E-state index contributed by atoms with van der Waals surface area (Å²) in [6.45, 7) is 5.27. The van der Waals surface area contributed by atoms with Crippen LogP contribution in [0.1, 0.15) is 36.3 Å². The molecule has 0 N–H and O–H groups in total. The molecule has 6 rings (SSSR count). The lowest BCUT2D eigenvalue weighted by Gasteiger charge is -2.05. The minimum atomic E-state index is -6.00. The summed E-state index contributed by atoms with van der Waals surface area (Å²) >= 11 is 0. The van der Waals surface area contributed by atoms with Gasteiger partial charge in [-0.1, -0.05) is 54.6 Å². The summed E-state index contributed by atoms with van der Waals surface area (Å²) in [6, 6.07) is 35.8. The maximum Gasteiger partial charge on any atom is 0.673 e. The summed E-state index contributed by atoms with van der Waals surface area (Å²) in [5.41, 5.74) is 9.79. The number of fused-ring (bicyclic) bond motifs is 3. The third-order valence-corrected chi connectivity index (χ3v) is 7.02. The van der Waals surface area contributed by atoms with E-state index in [0.29, 0.717) is 13.2 Å². The molecule has 1 heterocycles. The van der Waals surface area contributed by atoms with Gasteiger partial charge in [-0.05, 0) is 96.1 Å². The highest BCUT2D eigenvalue weighted by Gasteiger charge is 2.21. The number of rotatable bonds is 8. The fourth-order valence-electron chi connectivity index (χ4n) is 5.15. The number of benzene rings is 4. The standard InChI is InChI=1S/C36H31O3.BF4/c1-3-37-31-16-11-26(12-17-31)29-23-33(39-36(24-29)27-13-18-32(19-14-27)38-4-2)15-9-25-10-20-35-30(21-25)22-28-7-5-6-8-34(28)35;2-1(3,4)5/h5-21,23-24H,3-4,22H2,1-2H3;/q+1;-1/b15-9+;. The van der Waals surface area contributed by atoms with Crippen molar-refractivity contribution in [1.29, 1.82) is 0 Å². The lowest BCUT2D eigenvalue weighted by molar-refractivity contribution is 0.340. The van der Waals surface area contributed by atoms with Gasteiger partial charge in [-0.25, -0.2) is 4.42 Å². The van der Waals surface area contributed by atoms with Gasteiger partial charge in [0, 0.05) is 11.6 Å². The van der Waals surface area contributed by atoms with Crippen molar-refractivity contribution >= 4 is 19.4 Å². The number of ether oxygens (including phenoxy) is 2. The van der Waals surface area contributed by atoms with E-state index >= 15 is 0 Å². The quantitative estimate of drug-likeness (QED) is 0.0992. The minimum Gasteiger partial charge on any atom is -0.494 e. The number of hydrogen-bond donors (Lipinski definition) is 0. The van der Waals surface area contributed by atoms with Crippen LogP contribution in [0.2, 0.25) is 0 Å². The van der Waals surface area contributed by atoms with Crippen molar-refractivity contribution in [2.45, 2.75) is 20.3 Å². The van der Waals surface area contributed by atoms with E-state index in [1.165, 1.54) is 22.3 Å². The Morgan fingerprint density at radius 2 is 1.23 bits per heavy atom. The van der Waals surface area contributed by atoms with Crippen LogP contribution in [0.4, 0.5) is 17.3 Å². The van der Waals surface area contributed by atoms with Crippen LogP contribution in [0.15, 0.2) is 108 Å². The highest BCUT2D eigenvalue weighted by molar-refractivity contribution is 6.50. The highest BCUT2D eigenvalue weighted by Crippen LogP contribution is 2.37. The van der Waals surface area contributed by atoms with Gasteiger partial charge in [0.05, 0.1) is 30.9 Å². The van der Waals surface area contributed by atoms with Crippen LogP contribution in [0.5, 0.6) is 11.5 Å². The van der Waals surface area contributed by atoms with E-state index in [-0.39, 0.29) is 0 Å². The lowest BCUT2D eigenvalue weighted by Crippen LogP contribution is -2.02. The molecule has 4 aromatic carbocycles. The predicted octanol–water partition coefficient (Wildman–Crippen LogP) is 10.7. The van der Waals surface area contributed by atoms with Gasteiger partial charge in [-0.15, -0.1) is 0 Å². The van der Waals surface area contributed by atoms with E-state index in [4.69, 9.17) is 13.9 Å². The zero-order valence-electron chi connectivity index (χ0n) is 24.4. The van der Waals surface area contributed by atoms with Crippen LogP contribution in [-0.4, -0.2) is 20.5 Å². The van der Waals surface area contributed by atoms with Gasteiger partial charge in [0.1, 0.15) is 11.5 Å². The summed E-state index contributed by atoms with van der Waals surface area (Å²) in [6.07, 6.45) is 5.17. The minimum absolute atomic E-state index is 0.640. The van der Waals surface area contributed by atoms with Gasteiger partial charge in [-0.2, -0.15) is 0 Å². The maximum absolute atomic E-state index is 9.75. The Morgan fingerprint density at radius 1 is 0.636 bits per heavy atom. The monoisotopic (exact) mass is 598 g/mol. The second kappa shape index (κ2) is 13.6. The van der Waals surface area contributed by atoms with Crippen LogP contribution in [0, 0.1) is 0 Å². The Balaban J connectivity index is 0.000000712. The van der Waals surface area contributed by atoms with Crippen molar-refractivity contribution in [2.75, 3.05) is 13.2 Å². The smallest absolute Gasteiger partial charge is 0.494 e. The third kappa shape index (κ3) is 7.95. The van der Waals surface area contributed by atoms with Crippen LogP contribution >= 0.6 is 0 Å². The first-order valence-electron chi connectivity index (χ1n) is 14.4. The zero-order valence-corrected chi connectivity index (χ0v) is 24.4. The average molecular weight is 598 g/mol. The second-order valence-electron chi connectivity index (χ2n) is 10.1. The molecule has 1 aromatic heterocycles. The molecule has 0 radical (unpaired) electrons.